The first kappa shape index (κ1) is 18.8. The monoisotopic (exact) mass is 400 g/mol. The van der Waals surface area contributed by atoms with Crippen LogP contribution in [-0.2, 0) is 10.0 Å². The summed E-state index contributed by atoms with van der Waals surface area (Å²) >= 11 is 0. The Balaban J connectivity index is 1.46. The Morgan fingerprint density at radius 2 is 1.61 bits per heavy atom. The number of para-hydroxylation sites is 2. The number of amides is 1. The molecular formula is C21H24N2O4S. The number of hydrogen-bond donors (Lipinski definition) is 2. The summed E-state index contributed by atoms with van der Waals surface area (Å²) in [6.45, 7) is 0. The Morgan fingerprint density at radius 3 is 2.18 bits per heavy atom. The molecule has 28 heavy (non-hydrogen) atoms. The van der Waals surface area contributed by atoms with Crippen LogP contribution in [0.2, 0.25) is 0 Å². The van der Waals surface area contributed by atoms with Gasteiger partial charge >= 0.3 is 0 Å². The molecule has 148 valence electrons. The van der Waals surface area contributed by atoms with Crippen molar-refractivity contribution in [2.75, 3.05) is 11.8 Å². The van der Waals surface area contributed by atoms with Crippen LogP contribution in [0, 0.1) is 11.8 Å². The van der Waals surface area contributed by atoms with Crippen LogP contribution in [0.1, 0.15) is 36.0 Å². The van der Waals surface area contributed by atoms with Gasteiger partial charge in [0.1, 0.15) is 5.75 Å². The molecule has 2 aliphatic carbocycles. The minimum atomic E-state index is -3.78. The van der Waals surface area contributed by atoms with Crippen molar-refractivity contribution < 1.29 is 17.9 Å². The Bertz CT molecular complexity index is 952. The number of benzene rings is 2. The van der Waals surface area contributed by atoms with E-state index in [1.165, 1.54) is 44.9 Å². The third-order valence-electron chi connectivity index (χ3n) is 5.34. The van der Waals surface area contributed by atoms with Gasteiger partial charge in [-0.2, -0.15) is 0 Å². The van der Waals surface area contributed by atoms with Crippen molar-refractivity contribution >= 4 is 21.6 Å². The van der Waals surface area contributed by atoms with E-state index < -0.39 is 10.0 Å². The molecule has 7 heteroatoms. The summed E-state index contributed by atoms with van der Waals surface area (Å²) in [6, 6.07) is 13.1. The molecule has 2 N–H and O–H groups in total. The average Bonchev–Trinajstić information content (AvgIpc) is 3.60. The van der Waals surface area contributed by atoms with Crippen molar-refractivity contribution in [3.63, 3.8) is 0 Å². The van der Waals surface area contributed by atoms with E-state index in [0.717, 1.165) is 0 Å². The molecular weight excluding hydrogens is 376 g/mol. The van der Waals surface area contributed by atoms with Gasteiger partial charge in [0.05, 0.1) is 17.7 Å². The van der Waals surface area contributed by atoms with Gasteiger partial charge in [0.2, 0.25) is 0 Å². The van der Waals surface area contributed by atoms with Crippen LogP contribution in [-0.4, -0.2) is 27.5 Å². The first-order chi connectivity index (χ1) is 13.5. The molecule has 0 aromatic heterocycles. The van der Waals surface area contributed by atoms with Crippen LogP contribution in [0.3, 0.4) is 0 Å². The zero-order valence-electron chi connectivity index (χ0n) is 15.7. The van der Waals surface area contributed by atoms with Crippen molar-refractivity contribution in [2.45, 2.75) is 36.6 Å². The van der Waals surface area contributed by atoms with E-state index in [-0.39, 0.29) is 16.8 Å². The lowest BCUT2D eigenvalue weighted by molar-refractivity contribution is 0.0926. The van der Waals surface area contributed by atoms with E-state index in [1.807, 2.05) is 0 Å². The SMILES string of the molecule is COc1ccccc1NS(=O)(=O)c1ccc(C(=O)NC(C2CC2)C2CC2)cc1. The van der Waals surface area contributed by atoms with Gasteiger partial charge in [-0.25, -0.2) is 8.42 Å². The van der Waals surface area contributed by atoms with Gasteiger partial charge in [0.25, 0.3) is 15.9 Å². The second-order valence-electron chi connectivity index (χ2n) is 7.50. The quantitative estimate of drug-likeness (QED) is 0.711. The maximum Gasteiger partial charge on any atom is 0.262 e. The molecule has 2 aromatic rings. The number of rotatable bonds is 8. The van der Waals surface area contributed by atoms with Gasteiger partial charge < -0.3 is 10.1 Å². The molecule has 6 nitrogen and oxygen atoms in total. The molecule has 1 amide bonds. The van der Waals surface area contributed by atoms with Crippen molar-refractivity contribution in [3.05, 3.63) is 54.1 Å². The molecule has 0 saturated heterocycles. The fraction of sp³-hybridized carbons (Fsp3) is 0.381. The molecule has 2 fully saturated rings. The van der Waals surface area contributed by atoms with Crippen molar-refractivity contribution in [2.24, 2.45) is 11.8 Å². The van der Waals surface area contributed by atoms with Crippen molar-refractivity contribution in [1.82, 2.24) is 5.32 Å². The second kappa shape index (κ2) is 7.47. The van der Waals surface area contributed by atoms with Crippen LogP contribution < -0.4 is 14.8 Å². The number of ether oxygens (including phenoxy) is 1. The van der Waals surface area contributed by atoms with E-state index in [9.17, 15) is 13.2 Å². The number of hydrogen-bond acceptors (Lipinski definition) is 4. The highest BCUT2D eigenvalue weighted by atomic mass is 32.2. The van der Waals surface area contributed by atoms with Gasteiger partial charge in [-0.15, -0.1) is 0 Å². The second-order valence-corrected chi connectivity index (χ2v) is 9.19. The standard InChI is InChI=1S/C21H24N2O4S/c1-27-19-5-3-2-4-18(19)23-28(25,26)17-12-10-16(11-13-17)21(24)22-20(14-6-7-14)15-8-9-15/h2-5,10-15,20,23H,6-9H2,1H3,(H,22,24). The summed E-state index contributed by atoms with van der Waals surface area (Å²) in [7, 11) is -2.30. The Morgan fingerprint density at radius 1 is 1.00 bits per heavy atom. The lowest BCUT2D eigenvalue weighted by Crippen LogP contribution is -2.38. The maximum absolute atomic E-state index is 12.7. The molecule has 0 bridgehead atoms. The summed E-state index contributed by atoms with van der Waals surface area (Å²) < 4.78 is 33.0. The lowest BCUT2D eigenvalue weighted by Gasteiger charge is -2.17. The van der Waals surface area contributed by atoms with Crippen LogP contribution in [0.4, 0.5) is 5.69 Å². The highest BCUT2D eigenvalue weighted by Gasteiger charge is 2.42. The molecule has 0 heterocycles. The molecule has 0 spiro atoms. The molecule has 2 aliphatic rings. The third-order valence-corrected chi connectivity index (χ3v) is 6.72. The molecule has 0 atom stereocenters. The number of nitrogens with one attached hydrogen (secondary N) is 2. The van der Waals surface area contributed by atoms with E-state index in [0.29, 0.717) is 28.8 Å². The number of sulfonamides is 1. The predicted octanol–water partition coefficient (Wildman–Crippen LogP) is 3.41. The first-order valence-electron chi connectivity index (χ1n) is 9.55. The molecule has 2 saturated carbocycles. The van der Waals surface area contributed by atoms with E-state index in [1.54, 1.807) is 36.4 Å². The topological polar surface area (TPSA) is 84.5 Å². The fourth-order valence-electron chi connectivity index (χ4n) is 3.48. The molecule has 0 unspecified atom stereocenters. The number of anilines is 1. The van der Waals surface area contributed by atoms with Gasteiger partial charge in [0.15, 0.2) is 0 Å². The average molecular weight is 401 g/mol. The summed E-state index contributed by atoms with van der Waals surface area (Å²) in [6.07, 6.45) is 4.75. The van der Waals surface area contributed by atoms with Crippen LogP contribution in [0.15, 0.2) is 53.4 Å². The van der Waals surface area contributed by atoms with Gasteiger partial charge in [-0.05, 0) is 73.9 Å². The summed E-state index contributed by atoms with van der Waals surface area (Å²) in [5.74, 6) is 1.53. The molecule has 0 aliphatic heterocycles. The Labute approximate surface area is 165 Å². The number of methoxy groups -OCH3 is 1. The molecule has 2 aromatic carbocycles. The highest BCUT2D eigenvalue weighted by molar-refractivity contribution is 7.92. The lowest BCUT2D eigenvalue weighted by atomic mass is 10.1. The van der Waals surface area contributed by atoms with E-state index in [4.69, 9.17) is 4.74 Å². The zero-order chi connectivity index (χ0) is 19.7. The van der Waals surface area contributed by atoms with Gasteiger partial charge in [-0.1, -0.05) is 12.1 Å². The summed E-state index contributed by atoms with van der Waals surface area (Å²) in [4.78, 5) is 12.7. The van der Waals surface area contributed by atoms with Crippen LogP contribution in [0.25, 0.3) is 0 Å². The van der Waals surface area contributed by atoms with Crippen molar-refractivity contribution in [1.29, 1.82) is 0 Å². The minimum Gasteiger partial charge on any atom is -0.495 e. The molecule has 4 rings (SSSR count). The van der Waals surface area contributed by atoms with Gasteiger partial charge in [-0.3, -0.25) is 9.52 Å². The summed E-state index contributed by atoms with van der Waals surface area (Å²) in [5.41, 5.74) is 0.839. The van der Waals surface area contributed by atoms with Crippen LogP contribution >= 0.6 is 0 Å². The largest absolute Gasteiger partial charge is 0.495 e. The normalized spacial score (nSPS) is 16.6. The first-order valence-corrected chi connectivity index (χ1v) is 11.0. The van der Waals surface area contributed by atoms with Crippen LogP contribution in [0.5, 0.6) is 5.75 Å². The summed E-state index contributed by atoms with van der Waals surface area (Å²) in [5, 5.41) is 3.15. The van der Waals surface area contributed by atoms with E-state index >= 15 is 0 Å². The number of carbonyl (C=O) groups is 1. The predicted molar refractivity (Wildman–Crippen MR) is 107 cm³/mol. The highest BCUT2D eigenvalue weighted by Crippen LogP contribution is 2.44. The van der Waals surface area contributed by atoms with Crippen molar-refractivity contribution in [3.8, 4) is 5.75 Å². The third kappa shape index (κ3) is 4.14. The Hall–Kier alpha value is -2.54. The number of carbonyl (C=O) groups excluding carboxylic acids is 1. The zero-order valence-corrected chi connectivity index (χ0v) is 16.5. The van der Waals surface area contributed by atoms with Gasteiger partial charge in [0, 0.05) is 11.6 Å². The van der Waals surface area contributed by atoms with E-state index in [2.05, 4.69) is 10.0 Å². The fourth-order valence-corrected chi connectivity index (χ4v) is 4.55. The smallest absolute Gasteiger partial charge is 0.262 e. The minimum absolute atomic E-state index is 0.0934. The maximum atomic E-state index is 12.7. The Kier molecular flexibility index (Phi) is 5.02. The molecule has 0 radical (unpaired) electrons.